The van der Waals surface area contributed by atoms with Gasteiger partial charge in [0.25, 0.3) is 0 Å². The zero-order chi connectivity index (χ0) is 18.8. The predicted molar refractivity (Wildman–Crippen MR) is 95.3 cm³/mol. The number of hydrogen-bond donors (Lipinski definition) is 0. The highest BCUT2D eigenvalue weighted by atomic mass is 16.6. The molecule has 0 aliphatic carbocycles. The Bertz CT molecular complexity index is 726. The molecule has 0 fully saturated rings. The summed E-state index contributed by atoms with van der Waals surface area (Å²) in [5.74, 6) is -0.246. The molecular weight excluding hydrogens is 336 g/mol. The summed E-state index contributed by atoms with van der Waals surface area (Å²) in [7, 11) is 1.46. The average molecular weight is 358 g/mol. The molecule has 0 unspecified atom stereocenters. The van der Waals surface area contributed by atoms with Crippen molar-refractivity contribution in [3.8, 4) is 11.5 Å². The fourth-order valence-electron chi connectivity index (χ4n) is 2.11. The average Bonchev–Trinajstić information content (AvgIpc) is 2.69. The van der Waals surface area contributed by atoms with E-state index in [9.17, 15) is 9.59 Å². The number of esters is 2. The Morgan fingerprint density at radius 3 is 2.42 bits per heavy atom. The standard InChI is InChI=1S/C20H22O6/c1-3-11-24-19(21)14-25-17-10-9-16(12-18(17)23-2)20(22)26-13-15-7-5-4-6-8-15/h4-10,12H,3,11,13-14H2,1-2H3. The van der Waals surface area contributed by atoms with Crippen molar-refractivity contribution >= 4 is 11.9 Å². The van der Waals surface area contributed by atoms with E-state index in [0.717, 1.165) is 12.0 Å². The molecule has 6 nitrogen and oxygen atoms in total. The lowest BCUT2D eigenvalue weighted by Gasteiger charge is -2.12. The fourth-order valence-corrected chi connectivity index (χ4v) is 2.11. The van der Waals surface area contributed by atoms with E-state index in [-0.39, 0.29) is 13.2 Å². The van der Waals surface area contributed by atoms with Crippen LogP contribution in [-0.4, -0.2) is 32.3 Å². The third-order valence-corrected chi connectivity index (χ3v) is 3.42. The van der Waals surface area contributed by atoms with Crippen LogP contribution in [0.15, 0.2) is 48.5 Å². The molecular formula is C20H22O6. The fraction of sp³-hybridized carbons (Fsp3) is 0.300. The van der Waals surface area contributed by atoms with Crippen LogP contribution in [-0.2, 0) is 20.9 Å². The van der Waals surface area contributed by atoms with E-state index in [4.69, 9.17) is 18.9 Å². The first-order chi connectivity index (χ1) is 12.6. The van der Waals surface area contributed by atoms with Crippen LogP contribution in [0.4, 0.5) is 0 Å². The lowest BCUT2D eigenvalue weighted by atomic mass is 10.2. The maximum absolute atomic E-state index is 12.2. The highest BCUT2D eigenvalue weighted by Gasteiger charge is 2.14. The molecule has 2 rings (SSSR count). The number of hydrogen-bond acceptors (Lipinski definition) is 6. The Labute approximate surface area is 152 Å². The van der Waals surface area contributed by atoms with Crippen molar-refractivity contribution in [2.45, 2.75) is 20.0 Å². The lowest BCUT2D eigenvalue weighted by Crippen LogP contribution is -2.15. The first-order valence-electron chi connectivity index (χ1n) is 8.31. The summed E-state index contributed by atoms with van der Waals surface area (Å²) in [5.41, 5.74) is 1.23. The molecule has 0 aromatic heterocycles. The molecule has 26 heavy (non-hydrogen) atoms. The summed E-state index contributed by atoms with van der Waals surface area (Å²) < 4.78 is 20.9. The minimum atomic E-state index is -0.471. The summed E-state index contributed by atoms with van der Waals surface area (Å²) in [6.45, 7) is 2.22. The quantitative estimate of drug-likeness (QED) is 0.640. The topological polar surface area (TPSA) is 71.1 Å². The second-order valence-electron chi connectivity index (χ2n) is 5.44. The third-order valence-electron chi connectivity index (χ3n) is 3.42. The summed E-state index contributed by atoms with van der Waals surface area (Å²) >= 11 is 0. The van der Waals surface area contributed by atoms with E-state index in [1.165, 1.54) is 13.2 Å². The van der Waals surface area contributed by atoms with Crippen molar-refractivity contribution in [2.24, 2.45) is 0 Å². The minimum absolute atomic E-state index is 0.184. The largest absolute Gasteiger partial charge is 0.493 e. The minimum Gasteiger partial charge on any atom is -0.493 e. The normalized spacial score (nSPS) is 10.1. The van der Waals surface area contributed by atoms with Gasteiger partial charge in [-0.1, -0.05) is 37.3 Å². The summed E-state index contributed by atoms with van der Waals surface area (Å²) in [5, 5.41) is 0. The Kier molecular flexibility index (Phi) is 7.49. The second-order valence-corrected chi connectivity index (χ2v) is 5.44. The summed E-state index contributed by atoms with van der Waals surface area (Å²) in [4.78, 5) is 23.7. The van der Waals surface area contributed by atoms with E-state index < -0.39 is 11.9 Å². The van der Waals surface area contributed by atoms with Crippen molar-refractivity contribution in [1.82, 2.24) is 0 Å². The van der Waals surface area contributed by atoms with Crippen LogP contribution in [0.1, 0.15) is 29.3 Å². The maximum Gasteiger partial charge on any atom is 0.344 e. The van der Waals surface area contributed by atoms with Gasteiger partial charge in [-0.05, 0) is 30.2 Å². The van der Waals surface area contributed by atoms with Crippen LogP contribution in [0, 0.1) is 0 Å². The first kappa shape index (κ1) is 19.3. The maximum atomic E-state index is 12.2. The van der Waals surface area contributed by atoms with Crippen molar-refractivity contribution < 1.29 is 28.5 Å². The molecule has 0 saturated carbocycles. The Hall–Kier alpha value is -3.02. The Balaban J connectivity index is 1.96. The molecule has 0 N–H and O–H groups in total. The van der Waals surface area contributed by atoms with Crippen LogP contribution < -0.4 is 9.47 Å². The van der Waals surface area contributed by atoms with Crippen molar-refractivity contribution in [3.05, 3.63) is 59.7 Å². The number of carbonyl (C=O) groups is 2. The van der Waals surface area contributed by atoms with Gasteiger partial charge in [0.05, 0.1) is 19.3 Å². The molecule has 0 atom stereocenters. The molecule has 0 radical (unpaired) electrons. The monoisotopic (exact) mass is 358 g/mol. The van der Waals surface area contributed by atoms with Gasteiger partial charge < -0.3 is 18.9 Å². The van der Waals surface area contributed by atoms with E-state index in [0.29, 0.717) is 23.7 Å². The molecule has 0 amide bonds. The highest BCUT2D eigenvalue weighted by Crippen LogP contribution is 2.28. The third kappa shape index (κ3) is 5.81. The first-order valence-corrected chi connectivity index (χ1v) is 8.31. The van der Waals surface area contributed by atoms with E-state index >= 15 is 0 Å². The van der Waals surface area contributed by atoms with Gasteiger partial charge in [-0.25, -0.2) is 9.59 Å². The number of carbonyl (C=O) groups excluding carboxylic acids is 2. The van der Waals surface area contributed by atoms with Gasteiger partial charge in [0.1, 0.15) is 6.61 Å². The van der Waals surface area contributed by atoms with Crippen LogP contribution in [0.5, 0.6) is 11.5 Å². The van der Waals surface area contributed by atoms with Gasteiger partial charge in [-0.15, -0.1) is 0 Å². The highest BCUT2D eigenvalue weighted by molar-refractivity contribution is 5.90. The van der Waals surface area contributed by atoms with Gasteiger partial charge >= 0.3 is 11.9 Å². The molecule has 0 saturated heterocycles. The molecule has 2 aromatic carbocycles. The van der Waals surface area contributed by atoms with Gasteiger partial charge in [-0.2, -0.15) is 0 Å². The van der Waals surface area contributed by atoms with E-state index in [1.807, 2.05) is 37.3 Å². The Morgan fingerprint density at radius 1 is 0.962 bits per heavy atom. The SMILES string of the molecule is CCCOC(=O)COc1ccc(C(=O)OCc2ccccc2)cc1OC. The number of ether oxygens (including phenoxy) is 4. The molecule has 0 aliphatic heterocycles. The van der Waals surface area contributed by atoms with Crippen molar-refractivity contribution in [3.63, 3.8) is 0 Å². The number of rotatable bonds is 9. The van der Waals surface area contributed by atoms with Crippen LogP contribution in [0.3, 0.4) is 0 Å². The Morgan fingerprint density at radius 2 is 1.73 bits per heavy atom. The molecule has 0 spiro atoms. The number of methoxy groups -OCH3 is 1. The van der Waals surface area contributed by atoms with Crippen LogP contribution in [0.25, 0.3) is 0 Å². The zero-order valence-electron chi connectivity index (χ0n) is 14.9. The predicted octanol–water partition coefficient (Wildman–Crippen LogP) is 3.38. The number of benzene rings is 2. The van der Waals surface area contributed by atoms with Crippen molar-refractivity contribution in [2.75, 3.05) is 20.3 Å². The zero-order valence-corrected chi connectivity index (χ0v) is 14.9. The van der Waals surface area contributed by atoms with Gasteiger partial charge in [0.15, 0.2) is 18.1 Å². The molecule has 0 aliphatic rings. The van der Waals surface area contributed by atoms with Crippen LogP contribution in [0.2, 0.25) is 0 Å². The summed E-state index contributed by atoms with van der Waals surface area (Å²) in [6.07, 6.45) is 0.745. The smallest absolute Gasteiger partial charge is 0.344 e. The van der Waals surface area contributed by atoms with Gasteiger partial charge in [-0.3, -0.25) is 0 Å². The van der Waals surface area contributed by atoms with Crippen molar-refractivity contribution in [1.29, 1.82) is 0 Å². The molecule has 138 valence electrons. The van der Waals surface area contributed by atoms with Gasteiger partial charge in [0, 0.05) is 0 Å². The van der Waals surface area contributed by atoms with E-state index in [2.05, 4.69) is 0 Å². The van der Waals surface area contributed by atoms with Crippen LogP contribution >= 0.6 is 0 Å². The molecule has 0 heterocycles. The summed E-state index contributed by atoms with van der Waals surface area (Å²) in [6, 6.07) is 14.0. The molecule has 6 heteroatoms. The molecule has 0 bridgehead atoms. The van der Waals surface area contributed by atoms with Gasteiger partial charge in [0.2, 0.25) is 0 Å². The van der Waals surface area contributed by atoms with E-state index in [1.54, 1.807) is 12.1 Å². The lowest BCUT2D eigenvalue weighted by molar-refractivity contribution is -0.146. The molecule has 2 aromatic rings. The second kappa shape index (κ2) is 10.1.